The van der Waals surface area contributed by atoms with Gasteiger partial charge in [0.1, 0.15) is 10.5 Å². The van der Waals surface area contributed by atoms with E-state index in [4.69, 9.17) is 9.47 Å². The molecule has 0 radical (unpaired) electrons. The Morgan fingerprint density at radius 2 is 1.87 bits per heavy atom. The van der Waals surface area contributed by atoms with Crippen LogP contribution in [0.4, 0.5) is 5.00 Å². The molecule has 3 aromatic rings. The van der Waals surface area contributed by atoms with Gasteiger partial charge in [0.05, 0.1) is 23.8 Å². The number of para-hydroxylation sites is 1. The van der Waals surface area contributed by atoms with E-state index in [2.05, 4.69) is 15.3 Å². The number of ether oxygens (including phenoxy) is 2. The van der Waals surface area contributed by atoms with Crippen molar-refractivity contribution in [1.29, 1.82) is 0 Å². The largest absolute Gasteiger partial charge is 0.465 e. The summed E-state index contributed by atoms with van der Waals surface area (Å²) in [6.07, 6.45) is 5.62. The van der Waals surface area contributed by atoms with E-state index in [-0.39, 0.29) is 5.56 Å². The molecular weight excluding hydrogens is 418 g/mol. The molecule has 0 saturated carbocycles. The molecule has 2 heterocycles. The summed E-state index contributed by atoms with van der Waals surface area (Å²) in [6, 6.07) is 4.99. The number of methoxy groups -OCH3 is 1. The minimum Gasteiger partial charge on any atom is -0.465 e. The molecule has 1 amide bonds. The lowest BCUT2D eigenvalue weighted by molar-refractivity contribution is -0.123. The average molecular weight is 439 g/mol. The highest BCUT2D eigenvalue weighted by molar-refractivity contribution is 7.17. The zero-order chi connectivity index (χ0) is 22.0. The molecule has 0 bridgehead atoms. The minimum atomic E-state index is -1.08. The zero-order valence-corrected chi connectivity index (χ0v) is 18.0. The maximum Gasteiger partial charge on any atom is 0.341 e. The molecule has 1 aliphatic carbocycles. The van der Waals surface area contributed by atoms with Gasteiger partial charge in [-0.05, 0) is 50.3 Å². The van der Waals surface area contributed by atoms with Gasteiger partial charge in [-0.1, -0.05) is 6.07 Å². The lowest BCUT2D eigenvalue weighted by Gasteiger charge is -2.14. The highest BCUT2D eigenvalue weighted by atomic mass is 32.1. The van der Waals surface area contributed by atoms with Crippen LogP contribution in [-0.4, -0.2) is 41.0 Å². The summed E-state index contributed by atoms with van der Waals surface area (Å²) in [5.41, 5.74) is 2.53. The van der Waals surface area contributed by atoms with E-state index in [0.29, 0.717) is 21.6 Å². The molecule has 160 valence electrons. The van der Waals surface area contributed by atoms with Crippen molar-refractivity contribution in [3.05, 3.63) is 52.2 Å². The number of thiophene rings is 1. The van der Waals surface area contributed by atoms with Gasteiger partial charge in [0, 0.05) is 17.3 Å². The maximum atomic E-state index is 12.8. The van der Waals surface area contributed by atoms with E-state index < -0.39 is 23.9 Å². The molecule has 1 aromatic carbocycles. The number of nitrogens with one attached hydrogen (secondary N) is 1. The number of amides is 1. The van der Waals surface area contributed by atoms with Crippen molar-refractivity contribution in [2.24, 2.45) is 0 Å². The molecule has 2 aromatic heterocycles. The molecule has 0 fully saturated rings. The number of carbonyl (C=O) groups excluding carboxylic acids is 3. The molecule has 1 atom stereocenters. The predicted octanol–water partition coefficient (Wildman–Crippen LogP) is 3.54. The van der Waals surface area contributed by atoms with Gasteiger partial charge in [-0.15, -0.1) is 11.3 Å². The number of esters is 2. The van der Waals surface area contributed by atoms with Crippen LogP contribution in [0.25, 0.3) is 11.0 Å². The van der Waals surface area contributed by atoms with Crippen molar-refractivity contribution in [3.8, 4) is 0 Å². The number of hydrogen-bond acceptors (Lipinski definition) is 8. The summed E-state index contributed by atoms with van der Waals surface area (Å²) in [6.45, 7) is 1.48. The number of aromatic nitrogens is 2. The first-order chi connectivity index (χ1) is 15.0. The zero-order valence-electron chi connectivity index (χ0n) is 17.1. The number of hydrogen-bond donors (Lipinski definition) is 1. The van der Waals surface area contributed by atoms with Crippen molar-refractivity contribution < 1.29 is 23.9 Å². The van der Waals surface area contributed by atoms with Crippen LogP contribution in [-0.2, 0) is 27.1 Å². The minimum absolute atomic E-state index is 0.229. The molecule has 0 aliphatic heterocycles. The predicted molar refractivity (Wildman–Crippen MR) is 115 cm³/mol. The van der Waals surface area contributed by atoms with Crippen LogP contribution < -0.4 is 5.32 Å². The van der Waals surface area contributed by atoms with Crippen LogP contribution in [0.2, 0.25) is 0 Å². The van der Waals surface area contributed by atoms with Crippen LogP contribution in [0.3, 0.4) is 0 Å². The Labute approximate surface area is 182 Å². The van der Waals surface area contributed by atoms with Crippen molar-refractivity contribution in [1.82, 2.24) is 9.97 Å². The Hall–Kier alpha value is -3.33. The van der Waals surface area contributed by atoms with Crippen molar-refractivity contribution in [2.45, 2.75) is 38.7 Å². The fraction of sp³-hybridized carbons (Fsp3) is 0.318. The van der Waals surface area contributed by atoms with E-state index in [1.165, 1.54) is 37.8 Å². The van der Waals surface area contributed by atoms with Crippen molar-refractivity contribution in [3.63, 3.8) is 0 Å². The van der Waals surface area contributed by atoms with E-state index in [0.717, 1.165) is 36.1 Å². The lowest BCUT2D eigenvalue weighted by Crippen LogP contribution is -2.30. The maximum absolute atomic E-state index is 12.8. The quantitative estimate of drug-likeness (QED) is 0.606. The molecule has 31 heavy (non-hydrogen) atoms. The Morgan fingerprint density at radius 3 is 2.68 bits per heavy atom. The fourth-order valence-electron chi connectivity index (χ4n) is 3.62. The number of anilines is 1. The van der Waals surface area contributed by atoms with Crippen molar-refractivity contribution in [2.75, 3.05) is 12.4 Å². The number of benzene rings is 1. The van der Waals surface area contributed by atoms with E-state index in [9.17, 15) is 14.4 Å². The lowest BCUT2D eigenvalue weighted by atomic mass is 9.95. The number of carbonyl (C=O) groups is 3. The molecule has 1 N–H and O–H groups in total. The van der Waals surface area contributed by atoms with Gasteiger partial charge in [0.15, 0.2) is 6.10 Å². The van der Waals surface area contributed by atoms with Gasteiger partial charge in [0.2, 0.25) is 0 Å². The summed E-state index contributed by atoms with van der Waals surface area (Å²) in [5.74, 6) is -1.68. The van der Waals surface area contributed by atoms with Crippen LogP contribution >= 0.6 is 11.3 Å². The Kier molecular flexibility index (Phi) is 5.94. The van der Waals surface area contributed by atoms with Crippen LogP contribution in [0.15, 0.2) is 30.6 Å². The van der Waals surface area contributed by atoms with Crippen molar-refractivity contribution >= 4 is 45.2 Å². The number of fused-ring (bicyclic) bond motifs is 2. The topological polar surface area (TPSA) is 107 Å². The monoisotopic (exact) mass is 439 g/mol. The number of rotatable bonds is 5. The third-order valence-corrected chi connectivity index (χ3v) is 6.38. The summed E-state index contributed by atoms with van der Waals surface area (Å²) in [7, 11) is 1.32. The summed E-state index contributed by atoms with van der Waals surface area (Å²) < 4.78 is 10.3. The smallest absolute Gasteiger partial charge is 0.341 e. The number of aryl methyl sites for hydroxylation is 1. The average Bonchev–Trinajstić information content (AvgIpc) is 3.15. The van der Waals surface area contributed by atoms with Crippen LogP contribution in [0, 0.1) is 0 Å². The van der Waals surface area contributed by atoms with Gasteiger partial charge >= 0.3 is 11.9 Å². The summed E-state index contributed by atoms with van der Waals surface area (Å²) in [5, 5.41) is 3.18. The van der Waals surface area contributed by atoms with E-state index in [1.54, 1.807) is 18.2 Å². The molecule has 9 heteroatoms. The Morgan fingerprint density at radius 1 is 1.10 bits per heavy atom. The highest BCUT2D eigenvalue weighted by Crippen LogP contribution is 2.38. The van der Waals surface area contributed by atoms with Gasteiger partial charge in [-0.25, -0.2) is 9.59 Å². The van der Waals surface area contributed by atoms with Crippen LogP contribution in [0.5, 0.6) is 0 Å². The molecular formula is C22H21N3O5S. The molecule has 8 nitrogen and oxygen atoms in total. The Bertz CT molecular complexity index is 1170. The first kappa shape index (κ1) is 20.9. The highest BCUT2D eigenvalue weighted by Gasteiger charge is 2.29. The van der Waals surface area contributed by atoms with Gasteiger partial charge in [0.25, 0.3) is 5.91 Å². The van der Waals surface area contributed by atoms with Gasteiger partial charge < -0.3 is 14.8 Å². The molecule has 4 rings (SSSR count). The normalized spacial score (nSPS) is 13.9. The molecule has 1 unspecified atom stereocenters. The number of nitrogens with zero attached hydrogens (tertiary/aromatic N) is 2. The van der Waals surface area contributed by atoms with Gasteiger partial charge in [-0.3, -0.25) is 14.8 Å². The SMILES string of the molecule is COC(=O)c1c(NC(=O)C(C)OC(=O)c2cccc3nccnc23)sc2c1CCCC2. The second-order valence-corrected chi connectivity index (χ2v) is 8.28. The first-order valence-electron chi connectivity index (χ1n) is 9.94. The second-order valence-electron chi connectivity index (χ2n) is 7.17. The van der Waals surface area contributed by atoms with Crippen LogP contribution in [0.1, 0.15) is 50.9 Å². The molecule has 1 aliphatic rings. The Balaban J connectivity index is 1.52. The molecule has 0 saturated heterocycles. The van der Waals surface area contributed by atoms with E-state index in [1.807, 2.05) is 0 Å². The standard InChI is InChI=1S/C22H21N3O5S/c1-12(30-21(27)14-7-5-8-15-18(14)24-11-10-23-15)19(26)25-20-17(22(28)29-2)13-6-3-4-9-16(13)31-20/h5,7-8,10-12H,3-4,6,9H2,1-2H3,(H,25,26). The van der Waals surface area contributed by atoms with Gasteiger partial charge in [-0.2, -0.15) is 0 Å². The molecule has 0 spiro atoms. The second kappa shape index (κ2) is 8.81. The van der Waals surface area contributed by atoms with E-state index >= 15 is 0 Å². The third-order valence-electron chi connectivity index (χ3n) is 5.17. The first-order valence-corrected chi connectivity index (χ1v) is 10.8. The summed E-state index contributed by atoms with van der Waals surface area (Å²) >= 11 is 1.38. The summed E-state index contributed by atoms with van der Waals surface area (Å²) in [4.78, 5) is 47.2. The third kappa shape index (κ3) is 4.13. The fourth-order valence-corrected chi connectivity index (χ4v) is 4.90.